The van der Waals surface area contributed by atoms with Crippen LogP contribution in [0.4, 0.5) is 0 Å². The van der Waals surface area contributed by atoms with Crippen molar-refractivity contribution in [1.82, 2.24) is 15.0 Å². The summed E-state index contributed by atoms with van der Waals surface area (Å²) >= 11 is 0. The van der Waals surface area contributed by atoms with Crippen molar-refractivity contribution in [2.75, 3.05) is 0 Å². The Balaban J connectivity index is 1.13. The van der Waals surface area contributed by atoms with E-state index in [0.717, 1.165) is 93.6 Å². The predicted octanol–water partition coefficient (Wildman–Crippen LogP) is 13.2. The molecule has 11 aromatic rings. The van der Waals surface area contributed by atoms with Gasteiger partial charge in [0.1, 0.15) is 22.3 Å². The third-order valence-electron chi connectivity index (χ3n) is 10.4. The maximum absolute atomic E-state index is 6.87. The minimum Gasteiger partial charge on any atom is -0.456 e. The SMILES string of the molecule is c1ccc(-c2ccc(-c3nc(-c4ccc5c(c4)oc4ccccc45)nc(-c4cccc5c4oc4c6ccccc6c(-c6ccccc6)cc54)n3)cc2)cc1. The van der Waals surface area contributed by atoms with Gasteiger partial charge in [-0.3, -0.25) is 0 Å². The average Bonchev–Trinajstić information content (AvgIpc) is 3.82. The van der Waals surface area contributed by atoms with Crippen LogP contribution < -0.4 is 0 Å². The van der Waals surface area contributed by atoms with Gasteiger partial charge in [-0.05, 0) is 58.0 Å². The standard InChI is InChI=1S/C49H29N3O2/c1-3-12-30(13-4-1)31-22-24-33(25-23-31)47-50-48(34-26-27-37-36-17-9-10-21-43(36)53-44(37)28-34)52-49(51-47)40-20-11-19-39-42-29-41(32-14-5-2-6-15-32)35-16-7-8-18-38(35)46(42)54-45(39)40/h1-29H. The zero-order chi connectivity index (χ0) is 35.6. The number of para-hydroxylation sites is 2. The van der Waals surface area contributed by atoms with Crippen molar-refractivity contribution in [3.05, 3.63) is 176 Å². The van der Waals surface area contributed by atoms with Gasteiger partial charge in [-0.1, -0.05) is 146 Å². The van der Waals surface area contributed by atoms with Gasteiger partial charge < -0.3 is 8.83 Å². The van der Waals surface area contributed by atoms with E-state index in [1.165, 1.54) is 0 Å². The molecule has 0 saturated carbocycles. The normalized spacial score (nSPS) is 11.7. The largest absolute Gasteiger partial charge is 0.456 e. The summed E-state index contributed by atoms with van der Waals surface area (Å²) in [7, 11) is 0. The second-order valence-corrected chi connectivity index (χ2v) is 13.6. The van der Waals surface area contributed by atoms with Crippen molar-refractivity contribution in [2.24, 2.45) is 0 Å². The molecule has 0 fully saturated rings. The summed E-state index contributed by atoms with van der Waals surface area (Å²) in [6.45, 7) is 0. The van der Waals surface area contributed by atoms with E-state index in [4.69, 9.17) is 23.8 Å². The van der Waals surface area contributed by atoms with Gasteiger partial charge >= 0.3 is 0 Å². The first-order valence-corrected chi connectivity index (χ1v) is 18.0. The molecule has 3 aromatic heterocycles. The van der Waals surface area contributed by atoms with Crippen LogP contribution in [0.2, 0.25) is 0 Å². The molecule has 3 heterocycles. The summed E-state index contributed by atoms with van der Waals surface area (Å²) in [5.74, 6) is 1.66. The summed E-state index contributed by atoms with van der Waals surface area (Å²) in [4.78, 5) is 15.4. The first-order chi connectivity index (χ1) is 26.7. The van der Waals surface area contributed by atoms with E-state index >= 15 is 0 Å². The van der Waals surface area contributed by atoms with Crippen molar-refractivity contribution in [3.63, 3.8) is 0 Å². The van der Waals surface area contributed by atoms with Gasteiger partial charge in [0.15, 0.2) is 17.5 Å². The zero-order valence-corrected chi connectivity index (χ0v) is 28.9. The highest BCUT2D eigenvalue weighted by Gasteiger charge is 2.21. The minimum absolute atomic E-state index is 0.532. The number of fused-ring (bicyclic) bond motifs is 8. The number of benzene rings is 8. The Labute approximate surface area is 309 Å². The molecule has 54 heavy (non-hydrogen) atoms. The van der Waals surface area contributed by atoms with E-state index in [9.17, 15) is 0 Å². The third-order valence-corrected chi connectivity index (χ3v) is 10.4. The van der Waals surface area contributed by atoms with Gasteiger partial charge in [-0.2, -0.15) is 0 Å². The molecule has 0 unspecified atom stereocenters. The van der Waals surface area contributed by atoms with Crippen LogP contribution in [0.15, 0.2) is 185 Å². The molecule has 0 aliphatic heterocycles. The Bertz CT molecular complexity index is 3200. The molecule has 252 valence electrons. The van der Waals surface area contributed by atoms with E-state index in [-0.39, 0.29) is 0 Å². The lowest BCUT2D eigenvalue weighted by Gasteiger charge is -2.09. The van der Waals surface area contributed by atoms with Crippen molar-refractivity contribution >= 4 is 54.6 Å². The number of aromatic nitrogens is 3. The van der Waals surface area contributed by atoms with E-state index in [2.05, 4.69) is 133 Å². The van der Waals surface area contributed by atoms with Crippen molar-refractivity contribution < 1.29 is 8.83 Å². The first kappa shape index (κ1) is 30.3. The van der Waals surface area contributed by atoms with Crippen molar-refractivity contribution in [1.29, 1.82) is 0 Å². The van der Waals surface area contributed by atoms with E-state index in [1.54, 1.807) is 0 Å². The molecule has 0 saturated heterocycles. The van der Waals surface area contributed by atoms with Crippen LogP contribution in [0.1, 0.15) is 0 Å². The molecule has 0 aliphatic rings. The Hall–Kier alpha value is -7.37. The second-order valence-electron chi connectivity index (χ2n) is 13.6. The number of nitrogens with zero attached hydrogens (tertiary/aromatic N) is 3. The van der Waals surface area contributed by atoms with Crippen LogP contribution >= 0.6 is 0 Å². The molecule has 0 aliphatic carbocycles. The molecule has 0 amide bonds. The summed E-state index contributed by atoms with van der Waals surface area (Å²) in [5, 5.41) is 6.38. The number of hydrogen-bond donors (Lipinski definition) is 0. The Morgan fingerprint density at radius 2 is 0.833 bits per heavy atom. The first-order valence-electron chi connectivity index (χ1n) is 18.0. The second kappa shape index (κ2) is 12.1. The van der Waals surface area contributed by atoms with Crippen LogP contribution in [-0.2, 0) is 0 Å². The van der Waals surface area contributed by atoms with Crippen LogP contribution in [0.3, 0.4) is 0 Å². The lowest BCUT2D eigenvalue weighted by atomic mass is 9.95. The fraction of sp³-hybridized carbons (Fsp3) is 0. The van der Waals surface area contributed by atoms with Crippen LogP contribution in [0.5, 0.6) is 0 Å². The van der Waals surface area contributed by atoms with E-state index < -0.39 is 0 Å². The van der Waals surface area contributed by atoms with Gasteiger partial charge in [-0.25, -0.2) is 15.0 Å². The molecule has 5 nitrogen and oxygen atoms in total. The third kappa shape index (κ3) is 4.90. The fourth-order valence-corrected chi connectivity index (χ4v) is 7.71. The predicted molar refractivity (Wildman–Crippen MR) is 219 cm³/mol. The number of furan rings is 2. The molecule has 0 N–H and O–H groups in total. The Morgan fingerprint density at radius 1 is 0.278 bits per heavy atom. The monoisotopic (exact) mass is 691 g/mol. The van der Waals surface area contributed by atoms with Crippen LogP contribution in [-0.4, -0.2) is 15.0 Å². The lowest BCUT2D eigenvalue weighted by Crippen LogP contribution is -2.00. The molecule has 5 heteroatoms. The van der Waals surface area contributed by atoms with Crippen molar-refractivity contribution in [3.8, 4) is 56.4 Å². The lowest BCUT2D eigenvalue weighted by molar-refractivity contribution is 0.669. The molecule has 0 bridgehead atoms. The summed E-state index contributed by atoms with van der Waals surface area (Å²) in [6.07, 6.45) is 0. The maximum atomic E-state index is 6.87. The fourth-order valence-electron chi connectivity index (χ4n) is 7.71. The van der Waals surface area contributed by atoms with Gasteiger partial charge in [0.2, 0.25) is 0 Å². The Kier molecular flexibility index (Phi) is 6.79. The highest BCUT2D eigenvalue weighted by atomic mass is 16.3. The topological polar surface area (TPSA) is 65.0 Å². The van der Waals surface area contributed by atoms with Gasteiger partial charge in [-0.15, -0.1) is 0 Å². The summed E-state index contributed by atoms with van der Waals surface area (Å²) in [6, 6.07) is 60.4. The van der Waals surface area contributed by atoms with Gasteiger partial charge in [0.25, 0.3) is 0 Å². The van der Waals surface area contributed by atoms with Crippen LogP contribution in [0, 0.1) is 0 Å². The zero-order valence-electron chi connectivity index (χ0n) is 28.9. The quantitative estimate of drug-likeness (QED) is 0.180. The molecular weight excluding hydrogens is 663 g/mol. The maximum Gasteiger partial charge on any atom is 0.167 e. The Morgan fingerprint density at radius 3 is 1.63 bits per heavy atom. The highest BCUT2D eigenvalue weighted by molar-refractivity contribution is 6.20. The van der Waals surface area contributed by atoms with E-state index in [0.29, 0.717) is 17.5 Å². The molecule has 8 aromatic carbocycles. The van der Waals surface area contributed by atoms with Gasteiger partial charge in [0, 0.05) is 38.1 Å². The summed E-state index contributed by atoms with van der Waals surface area (Å²) < 4.78 is 13.2. The number of rotatable bonds is 5. The van der Waals surface area contributed by atoms with Gasteiger partial charge in [0.05, 0.1) is 5.56 Å². The molecule has 0 spiro atoms. The molecule has 11 rings (SSSR count). The smallest absolute Gasteiger partial charge is 0.167 e. The minimum atomic E-state index is 0.532. The molecule has 0 atom stereocenters. The number of hydrogen-bond acceptors (Lipinski definition) is 5. The van der Waals surface area contributed by atoms with E-state index in [1.807, 2.05) is 42.5 Å². The molecule has 0 radical (unpaired) electrons. The van der Waals surface area contributed by atoms with Crippen LogP contribution in [0.25, 0.3) is 111 Å². The molecular formula is C49H29N3O2. The average molecular weight is 692 g/mol. The van der Waals surface area contributed by atoms with Crippen molar-refractivity contribution in [2.45, 2.75) is 0 Å². The highest BCUT2D eigenvalue weighted by Crippen LogP contribution is 2.42. The summed E-state index contributed by atoms with van der Waals surface area (Å²) in [5.41, 5.74) is 10.3.